The number of fused-ring (bicyclic) bond motifs is 1. The van der Waals surface area contributed by atoms with Gasteiger partial charge in [-0.15, -0.1) is 0 Å². The summed E-state index contributed by atoms with van der Waals surface area (Å²) < 4.78 is 22.7. The zero-order valence-electron chi connectivity index (χ0n) is 25.7. The van der Waals surface area contributed by atoms with Crippen molar-refractivity contribution in [1.82, 2.24) is 9.80 Å². The summed E-state index contributed by atoms with van der Waals surface area (Å²) in [5.41, 5.74) is 0.117. The van der Waals surface area contributed by atoms with Gasteiger partial charge < -0.3 is 28.7 Å². The molecule has 2 fully saturated rings. The molecule has 3 heterocycles. The van der Waals surface area contributed by atoms with E-state index in [0.717, 1.165) is 24.8 Å². The Hall–Kier alpha value is -3.07. The number of amides is 2. The predicted molar refractivity (Wildman–Crippen MR) is 154 cm³/mol. The fourth-order valence-electron chi connectivity index (χ4n) is 6.43. The van der Waals surface area contributed by atoms with E-state index >= 15 is 0 Å². The summed E-state index contributed by atoms with van der Waals surface area (Å²) in [5.74, 6) is -0.0440. The number of benzene rings is 1. The van der Waals surface area contributed by atoms with Crippen LogP contribution in [0.4, 0.5) is 0 Å². The molecule has 0 bridgehead atoms. The first-order valence-corrected chi connectivity index (χ1v) is 14.7. The maximum Gasteiger partial charge on any atom is 0.320 e. The van der Waals surface area contributed by atoms with Crippen LogP contribution in [0, 0.1) is 16.7 Å². The highest BCUT2D eigenvalue weighted by Crippen LogP contribution is 2.52. The molecule has 41 heavy (non-hydrogen) atoms. The molecule has 3 aliphatic heterocycles. The summed E-state index contributed by atoms with van der Waals surface area (Å²) in [6, 6.07) is 5.69. The summed E-state index contributed by atoms with van der Waals surface area (Å²) in [4.78, 5) is 44.9. The van der Waals surface area contributed by atoms with Crippen molar-refractivity contribution in [1.29, 1.82) is 0 Å². The standard InChI is InChI=1S/C32H46N2O7/c1-21-32(30(37)40-7)20-23(18-28(35)33-14-9-8-10-15-33)29(36)34(26(32)19-27(41-21)31(2,3)4)16-13-22-11-12-24(38-5)25(17-22)39-6/h11-12,17,19,21,23,27H,8-10,13-16,18,20H2,1-7H3/t21-,23+,27-,32+/m1/s1. The van der Waals surface area contributed by atoms with E-state index in [9.17, 15) is 14.4 Å². The molecule has 0 N–H and O–H groups in total. The molecule has 3 aliphatic rings. The van der Waals surface area contributed by atoms with Gasteiger partial charge in [-0.2, -0.15) is 0 Å². The Morgan fingerprint density at radius 3 is 2.34 bits per heavy atom. The first-order chi connectivity index (χ1) is 19.5. The molecule has 4 atom stereocenters. The molecule has 0 spiro atoms. The number of carbonyl (C=O) groups is 3. The van der Waals surface area contributed by atoms with Gasteiger partial charge in [0.2, 0.25) is 11.8 Å². The minimum Gasteiger partial charge on any atom is -0.493 e. The summed E-state index contributed by atoms with van der Waals surface area (Å²) in [7, 11) is 4.55. The van der Waals surface area contributed by atoms with E-state index in [0.29, 0.717) is 43.3 Å². The fourth-order valence-corrected chi connectivity index (χ4v) is 6.43. The molecule has 1 aromatic carbocycles. The maximum atomic E-state index is 14.2. The van der Waals surface area contributed by atoms with Crippen LogP contribution in [0.15, 0.2) is 30.0 Å². The molecule has 0 saturated carbocycles. The van der Waals surface area contributed by atoms with Crippen molar-refractivity contribution in [3.05, 3.63) is 35.5 Å². The lowest BCUT2D eigenvalue weighted by Crippen LogP contribution is -2.61. The lowest BCUT2D eigenvalue weighted by molar-refractivity contribution is -0.180. The van der Waals surface area contributed by atoms with E-state index in [1.807, 2.05) is 36.1 Å². The number of hydrogen-bond donors (Lipinski definition) is 0. The van der Waals surface area contributed by atoms with Crippen molar-refractivity contribution < 1.29 is 33.3 Å². The predicted octanol–water partition coefficient (Wildman–Crippen LogP) is 4.37. The zero-order valence-corrected chi connectivity index (χ0v) is 25.7. The Labute approximate surface area is 244 Å². The summed E-state index contributed by atoms with van der Waals surface area (Å²) in [6.45, 7) is 9.86. The van der Waals surface area contributed by atoms with Gasteiger partial charge in [-0.05, 0) is 68.2 Å². The third kappa shape index (κ3) is 6.10. The molecule has 0 unspecified atom stereocenters. The molecule has 4 rings (SSSR count). The Morgan fingerprint density at radius 2 is 1.73 bits per heavy atom. The topological polar surface area (TPSA) is 94.6 Å². The first kappa shape index (κ1) is 30.9. The van der Waals surface area contributed by atoms with E-state index in [1.54, 1.807) is 19.1 Å². The Balaban J connectivity index is 1.73. The van der Waals surface area contributed by atoms with Gasteiger partial charge in [0.05, 0.1) is 33.5 Å². The monoisotopic (exact) mass is 570 g/mol. The highest BCUT2D eigenvalue weighted by Gasteiger charge is 2.60. The number of hydrogen-bond acceptors (Lipinski definition) is 7. The largest absolute Gasteiger partial charge is 0.493 e. The molecule has 226 valence electrons. The van der Waals surface area contributed by atoms with Gasteiger partial charge in [0.15, 0.2) is 11.5 Å². The minimum absolute atomic E-state index is 0.0349. The average Bonchev–Trinajstić information content (AvgIpc) is 2.96. The first-order valence-electron chi connectivity index (χ1n) is 14.7. The molecule has 9 nitrogen and oxygen atoms in total. The van der Waals surface area contributed by atoms with Crippen molar-refractivity contribution in [2.45, 2.75) is 78.4 Å². The molecular weight excluding hydrogens is 524 g/mol. The third-order valence-corrected chi connectivity index (χ3v) is 8.89. The van der Waals surface area contributed by atoms with Crippen LogP contribution in [0.25, 0.3) is 0 Å². The normalized spacial score (nSPS) is 26.7. The second-order valence-corrected chi connectivity index (χ2v) is 12.6. The fraction of sp³-hybridized carbons (Fsp3) is 0.656. The smallest absolute Gasteiger partial charge is 0.320 e. The Kier molecular flexibility index (Phi) is 9.36. The SMILES string of the molecule is COC(=O)[C@]12C[C@H](CC(=O)N3CCCCC3)C(=O)N(CCc3ccc(OC)c(OC)c3)C1=C[C@H](C(C)(C)C)O[C@@H]2C. The Morgan fingerprint density at radius 1 is 1.05 bits per heavy atom. The van der Waals surface area contributed by atoms with Crippen LogP contribution in [-0.2, 0) is 30.3 Å². The molecular formula is C32H46N2O7. The summed E-state index contributed by atoms with van der Waals surface area (Å²) in [6.07, 6.45) is 4.88. The van der Waals surface area contributed by atoms with Gasteiger partial charge in [-0.25, -0.2) is 0 Å². The highest BCUT2D eigenvalue weighted by molar-refractivity contribution is 5.92. The second kappa shape index (κ2) is 12.4. The van der Waals surface area contributed by atoms with Crippen molar-refractivity contribution >= 4 is 17.8 Å². The van der Waals surface area contributed by atoms with Crippen molar-refractivity contribution in [2.75, 3.05) is 41.0 Å². The van der Waals surface area contributed by atoms with Crippen molar-refractivity contribution in [3.63, 3.8) is 0 Å². The molecule has 2 amide bonds. The number of esters is 1. The number of likely N-dealkylation sites (tertiary alicyclic amines) is 2. The van der Waals surface area contributed by atoms with Crippen LogP contribution in [0.2, 0.25) is 0 Å². The second-order valence-electron chi connectivity index (χ2n) is 12.6. The highest BCUT2D eigenvalue weighted by atomic mass is 16.5. The molecule has 0 aliphatic carbocycles. The van der Waals surface area contributed by atoms with Crippen LogP contribution in [-0.4, -0.2) is 80.8 Å². The van der Waals surface area contributed by atoms with Gasteiger partial charge in [0.1, 0.15) is 5.41 Å². The number of piperidine rings is 2. The van der Waals surface area contributed by atoms with Gasteiger partial charge >= 0.3 is 5.97 Å². The van der Waals surface area contributed by atoms with E-state index < -0.39 is 23.4 Å². The van der Waals surface area contributed by atoms with Crippen LogP contribution < -0.4 is 9.47 Å². The minimum atomic E-state index is -1.20. The molecule has 2 saturated heterocycles. The summed E-state index contributed by atoms with van der Waals surface area (Å²) >= 11 is 0. The maximum absolute atomic E-state index is 14.2. The van der Waals surface area contributed by atoms with E-state index in [-0.39, 0.29) is 36.2 Å². The molecule has 1 aromatic rings. The van der Waals surface area contributed by atoms with Crippen LogP contribution in [0.5, 0.6) is 11.5 Å². The zero-order chi connectivity index (χ0) is 29.9. The quantitative estimate of drug-likeness (QED) is 0.428. The number of nitrogens with zero attached hydrogens (tertiary/aromatic N) is 2. The lowest BCUT2D eigenvalue weighted by Gasteiger charge is -2.53. The number of methoxy groups -OCH3 is 3. The van der Waals surface area contributed by atoms with Crippen molar-refractivity contribution in [2.24, 2.45) is 16.7 Å². The van der Waals surface area contributed by atoms with Gasteiger partial charge in [0.25, 0.3) is 0 Å². The number of carbonyl (C=O) groups excluding carboxylic acids is 3. The van der Waals surface area contributed by atoms with Gasteiger partial charge in [-0.1, -0.05) is 26.8 Å². The molecule has 9 heteroatoms. The summed E-state index contributed by atoms with van der Waals surface area (Å²) in [5, 5.41) is 0. The Bertz CT molecular complexity index is 1170. The van der Waals surface area contributed by atoms with E-state index in [2.05, 4.69) is 20.8 Å². The number of rotatable bonds is 8. The van der Waals surface area contributed by atoms with Gasteiger partial charge in [0, 0.05) is 37.7 Å². The average molecular weight is 571 g/mol. The van der Waals surface area contributed by atoms with Crippen molar-refractivity contribution in [3.8, 4) is 11.5 Å². The van der Waals surface area contributed by atoms with Gasteiger partial charge in [-0.3, -0.25) is 14.4 Å². The number of ether oxygens (including phenoxy) is 4. The third-order valence-electron chi connectivity index (χ3n) is 8.89. The van der Waals surface area contributed by atoms with Crippen LogP contribution in [0.1, 0.15) is 65.4 Å². The van der Waals surface area contributed by atoms with Crippen LogP contribution in [0.3, 0.4) is 0 Å². The lowest BCUT2D eigenvalue weighted by atomic mass is 9.65. The van der Waals surface area contributed by atoms with Crippen LogP contribution >= 0.6 is 0 Å². The molecule has 0 aromatic heterocycles. The van der Waals surface area contributed by atoms with E-state index in [1.165, 1.54) is 7.11 Å². The molecule has 0 radical (unpaired) electrons. The van der Waals surface area contributed by atoms with E-state index in [4.69, 9.17) is 18.9 Å².